The zero-order chi connectivity index (χ0) is 13.0. The first-order valence-corrected chi connectivity index (χ1v) is 5.71. The summed E-state index contributed by atoms with van der Waals surface area (Å²) < 4.78 is 2.57. The van der Waals surface area contributed by atoms with Crippen LogP contribution >= 0.6 is 0 Å². The maximum absolute atomic E-state index is 11.7. The number of nitrogens with zero attached hydrogens (tertiary/aromatic N) is 2. The van der Waals surface area contributed by atoms with Gasteiger partial charge in [-0.1, -0.05) is 0 Å². The Morgan fingerprint density at radius 2 is 1.82 bits per heavy atom. The minimum Gasteiger partial charge on any atom is -0.371 e. The van der Waals surface area contributed by atoms with Crippen molar-refractivity contribution in [3.8, 4) is 0 Å². The monoisotopic (exact) mass is 240 g/mol. The molecule has 0 spiro atoms. The number of anilines is 1. The molecule has 0 saturated heterocycles. The van der Waals surface area contributed by atoms with Crippen LogP contribution in [0.3, 0.4) is 0 Å². The van der Waals surface area contributed by atoms with E-state index in [0.717, 1.165) is 17.4 Å². The molecule has 0 saturated carbocycles. The summed E-state index contributed by atoms with van der Waals surface area (Å²) in [5.41, 5.74) is 5.38. The average Bonchev–Trinajstić information content (AvgIpc) is 2.33. The number of nitrogens with two attached hydrogens (primary N) is 1. The highest BCUT2D eigenvalue weighted by Crippen LogP contribution is 2.06. The molecule has 6 nitrogen and oxygen atoms in total. The van der Waals surface area contributed by atoms with Crippen LogP contribution in [-0.2, 0) is 14.1 Å². The number of rotatable bonds is 5. The van der Waals surface area contributed by atoms with Crippen LogP contribution in [0, 0.1) is 6.92 Å². The molecule has 0 bridgehead atoms. The summed E-state index contributed by atoms with van der Waals surface area (Å²) >= 11 is 0. The van der Waals surface area contributed by atoms with Gasteiger partial charge in [-0.15, -0.1) is 0 Å². The normalized spacial score (nSPS) is 10.6. The zero-order valence-electron chi connectivity index (χ0n) is 10.6. The van der Waals surface area contributed by atoms with Gasteiger partial charge in [0.1, 0.15) is 5.82 Å². The Labute approximate surface area is 100 Å². The third kappa shape index (κ3) is 2.76. The summed E-state index contributed by atoms with van der Waals surface area (Å²) in [5.74, 6) is 0.593. The average molecular weight is 240 g/mol. The van der Waals surface area contributed by atoms with Gasteiger partial charge in [0, 0.05) is 20.6 Å². The van der Waals surface area contributed by atoms with E-state index in [1.807, 2.05) is 0 Å². The van der Waals surface area contributed by atoms with E-state index in [0.29, 0.717) is 24.5 Å². The highest BCUT2D eigenvalue weighted by Gasteiger charge is 2.10. The highest BCUT2D eigenvalue weighted by molar-refractivity contribution is 5.42. The molecule has 1 heterocycles. The van der Waals surface area contributed by atoms with Crippen molar-refractivity contribution in [3.63, 3.8) is 0 Å². The molecule has 3 N–H and O–H groups in total. The molecule has 1 aromatic heterocycles. The predicted octanol–water partition coefficient (Wildman–Crippen LogP) is -0.457. The Morgan fingerprint density at radius 3 is 2.41 bits per heavy atom. The van der Waals surface area contributed by atoms with E-state index < -0.39 is 0 Å². The van der Waals surface area contributed by atoms with Crippen molar-refractivity contribution in [3.05, 3.63) is 26.4 Å². The Morgan fingerprint density at radius 1 is 1.18 bits per heavy atom. The molecule has 1 rings (SSSR count). The highest BCUT2D eigenvalue weighted by atomic mass is 16.2. The molecule has 0 aliphatic carbocycles. The lowest BCUT2D eigenvalue weighted by Crippen LogP contribution is -2.39. The quantitative estimate of drug-likeness (QED) is 0.683. The van der Waals surface area contributed by atoms with E-state index in [2.05, 4.69) is 5.32 Å². The molecular weight excluding hydrogens is 220 g/mol. The van der Waals surface area contributed by atoms with E-state index in [9.17, 15) is 9.59 Å². The zero-order valence-corrected chi connectivity index (χ0v) is 10.6. The number of hydrogen-bond acceptors (Lipinski definition) is 4. The Bertz CT molecular complexity index is 464. The van der Waals surface area contributed by atoms with Gasteiger partial charge in [-0.2, -0.15) is 0 Å². The van der Waals surface area contributed by atoms with Crippen LogP contribution in [0.15, 0.2) is 9.59 Å². The van der Waals surface area contributed by atoms with E-state index in [-0.39, 0.29) is 11.2 Å². The molecule has 1 aromatic rings. The standard InChI is InChI=1S/C11H20N4O2/c1-8-9(13-7-5-4-6-12)14(2)11(17)15(3)10(8)16/h13H,4-7,12H2,1-3H3. The van der Waals surface area contributed by atoms with E-state index in [1.54, 1.807) is 14.0 Å². The minimum atomic E-state index is -0.318. The first-order chi connectivity index (χ1) is 8.00. The third-order valence-corrected chi connectivity index (χ3v) is 2.81. The molecule has 0 atom stereocenters. The Kier molecular flexibility index (Phi) is 4.51. The second-order valence-electron chi connectivity index (χ2n) is 4.10. The van der Waals surface area contributed by atoms with Crippen LogP contribution in [0.5, 0.6) is 0 Å². The fourth-order valence-corrected chi connectivity index (χ4v) is 1.74. The van der Waals surface area contributed by atoms with E-state index in [4.69, 9.17) is 5.73 Å². The van der Waals surface area contributed by atoms with Crippen molar-refractivity contribution in [1.29, 1.82) is 0 Å². The van der Waals surface area contributed by atoms with Crippen LogP contribution in [0.1, 0.15) is 18.4 Å². The fraction of sp³-hybridized carbons (Fsp3) is 0.636. The molecule has 0 aliphatic heterocycles. The topological polar surface area (TPSA) is 82.0 Å². The number of aromatic nitrogens is 2. The largest absolute Gasteiger partial charge is 0.371 e. The molecule has 0 aliphatic rings. The first kappa shape index (κ1) is 13.5. The van der Waals surface area contributed by atoms with Gasteiger partial charge in [-0.05, 0) is 26.3 Å². The van der Waals surface area contributed by atoms with Crippen molar-refractivity contribution in [2.75, 3.05) is 18.4 Å². The Hall–Kier alpha value is -1.56. The second kappa shape index (κ2) is 5.67. The molecule has 17 heavy (non-hydrogen) atoms. The van der Waals surface area contributed by atoms with Crippen molar-refractivity contribution in [1.82, 2.24) is 9.13 Å². The van der Waals surface area contributed by atoms with Gasteiger partial charge in [0.2, 0.25) is 0 Å². The van der Waals surface area contributed by atoms with Crippen molar-refractivity contribution in [2.45, 2.75) is 19.8 Å². The molecule has 96 valence electrons. The summed E-state index contributed by atoms with van der Waals surface area (Å²) in [5, 5.41) is 3.12. The maximum atomic E-state index is 11.7. The summed E-state index contributed by atoms with van der Waals surface area (Å²) in [4.78, 5) is 23.5. The van der Waals surface area contributed by atoms with Gasteiger partial charge >= 0.3 is 5.69 Å². The third-order valence-electron chi connectivity index (χ3n) is 2.81. The van der Waals surface area contributed by atoms with Crippen molar-refractivity contribution in [2.24, 2.45) is 19.8 Å². The van der Waals surface area contributed by atoms with Gasteiger partial charge in [-0.3, -0.25) is 13.9 Å². The minimum absolute atomic E-state index is 0.255. The van der Waals surface area contributed by atoms with Gasteiger partial charge in [-0.25, -0.2) is 4.79 Å². The lowest BCUT2D eigenvalue weighted by atomic mass is 10.3. The molecule has 0 fully saturated rings. The van der Waals surface area contributed by atoms with Gasteiger partial charge in [0.25, 0.3) is 5.56 Å². The summed E-state index contributed by atoms with van der Waals surface area (Å²) in [6, 6.07) is 0. The Balaban J connectivity index is 3.00. The van der Waals surface area contributed by atoms with E-state index >= 15 is 0 Å². The SMILES string of the molecule is Cc1c(NCCCCN)n(C)c(=O)n(C)c1=O. The lowest BCUT2D eigenvalue weighted by Gasteiger charge is -2.14. The molecule has 6 heteroatoms. The molecule has 0 amide bonds. The molecule has 0 aromatic carbocycles. The van der Waals surface area contributed by atoms with Crippen LogP contribution in [-0.4, -0.2) is 22.2 Å². The van der Waals surface area contributed by atoms with Crippen LogP contribution in [0.25, 0.3) is 0 Å². The number of unbranched alkanes of at least 4 members (excludes halogenated alkanes) is 1. The predicted molar refractivity (Wildman–Crippen MR) is 68.4 cm³/mol. The maximum Gasteiger partial charge on any atom is 0.332 e. The van der Waals surface area contributed by atoms with Gasteiger partial charge < -0.3 is 11.1 Å². The van der Waals surface area contributed by atoms with Crippen LogP contribution in [0.4, 0.5) is 5.82 Å². The van der Waals surface area contributed by atoms with E-state index in [1.165, 1.54) is 11.6 Å². The van der Waals surface area contributed by atoms with Crippen molar-refractivity contribution >= 4 is 5.82 Å². The van der Waals surface area contributed by atoms with Gasteiger partial charge in [0.05, 0.1) is 5.56 Å². The summed E-state index contributed by atoms with van der Waals surface area (Å²) in [6.07, 6.45) is 1.84. The van der Waals surface area contributed by atoms with Crippen LogP contribution in [0.2, 0.25) is 0 Å². The first-order valence-electron chi connectivity index (χ1n) is 5.71. The number of hydrogen-bond donors (Lipinski definition) is 2. The van der Waals surface area contributed by atoms with Crippen LogP contribution < -0.4 is 22.3 Å². The van der Waals surface area contributed by atoms with Crippen molar-refractivity contribution < 1.29 is 0 Å². The summed E-state index contributed by atoms with van der Waals surface area (Å²) in [7, 11) is 3.13. The lowest BCUT2D eigenvalue weighted by molar-refractivity contribution is 0.676. The molecule has 0 unspecified atom stereocenters. The fourth-order valence-electron chi connectivity index (χ4n) is 1.74. The number of nitrogens with one attached hydrogen (secondary N) is 1. The summed E-state index contributed by atoms with van der Waals surface area (Å²) in [6.45, 7) is 3.07. The molecular formula is C11H20N4O2. The smallest absolute Gasteiger partial charge is 0.332 e. The second-order valence-corrected chi connectivity index (χ2v) is 4.10. The molecule has 0 radical (unpaired) electrons. The van der Waals surface area contributed by atoms with Gasteiger partial charge in [0.15, 0.2) is 0 Å².